The molecule has 0 bridgehead atoms. The molecule has 1 fully saturated rings. The smallest absolute Gasteiger partial charge is 0.344 e. The number of ether oxygens (including phenoxy) is 2. The fraction of sp³-hybridized carbons (Fsp3) is 0.235. The van der Waals surface area contributed by atoms with E-state index < -0.39 is 5.97 Å². The van der Waals surface area contributed by atoms with Crippen molar-refractivity contribution in [3.63, 3.8) is 0 Å². The third kappa shape index (κ3) is 5.17. The molecule has 8 heteroatoms. The Balaban J connectivity index is 2.25. The van der Waals surface area contributed by atoms with Gasteiger partial charge in [-0.2, -0.15) is 0 Å². The summed E-state index contributed by atoms with van der Waals surface area (Å²) in [5.74, 6) is -0.148. The summed E-state index contributed by atoms with van der Waals surface area (Å²) in [6.45, 7) is 5.82. The summed E-state index contributed by atoms with van der Waals surface area (Å²) in [6, 6.07) is 5.32. The Morgan fingerprint density at radius 2 is 2.24 bits per heavy atom. The zero-order valence-corrected chi connectivity index (χ0v) is 16.7. The third-order valence-corrected chi connectivity index (χ3v) is 4.97. The summed E-state index contributed by atoms with van der Waals surface area (Å²) in [6.07, 6.45) is 3.33. The summed E-state index contributed by atoms with van der Waals surface area (Å²) in [5.41, 5.74) is 0.665. The van der Waals surface area contributed by atoms with Gasteiger partial charge in [-0.25, -0.2) is 4.79 Å². The second-order valence-corrected chi connectivity index (χ2v) is 7.45. The van der Waals surface area contributed by atoms with E-state index in [1.165, 1.54) is 16.7 Å². The molecule has 1 aromatic rings. The van der Waals surface area contributed by atoms with Gasteiger partial charge in [-0.1, -0.05) is 46.0 Å². The van der Waals surface area contributed by atoms with Crippen molar-refractivity contribution in [1.82, 2.24) is 4.90 Å². The maximum atomic E-state index is 12.4. The molecule has 0 N–H and O–H groups in total. The first kappa shape index (κ1) is 19.7. The maximum Gasteiger partial charge on any atom is 0.344 e. The minimum Gasteiger partial charge on any atom is -0.481 e. The van der Waals surface area contributed by atoms with Crippen molar-refractivity contribution in [2.24, 2.45) is 0 Å². The average molecular weight is 442 g/mol. The molecule has 0 aliphatic carbocycles. The average Bonchev–Trinajstić information content (AvgIpc) is 2.82. The van der Waals surface area contributed by atoms with Gasteiger partial charge in [0.1, 0.15) is 10.1 Å². The largest absolute Gasteiger partial charge is 0.481 e. The lowest BCUT2D eigenvalue weighted by Gasteiger charge is -2.11. The molecule has 1 aliphatic heterocycles. The standard InChI is InChI=1S/C17H16BrNO4S2/c1-3-7-19-16(21)14(25-17(19)24)9-11-8-12(18)5-6-13(11)23-10-15(20)22-4-2/h3,5-6,8-9H,1,4,7,10H2,2H3/b14-9-. The molecular weight excluding hydrogens is 426 g/mol. The second-order valence-electron chi connectivity index (χ2n) is 4.86. The molecule has 1 heterocycles. The number of esters is 1. The maximum absolute atomic E-state index is 12.4. The summed E-state index contributed by atoms with van der Waals surface area (Å²) in [7, 11) is 0. The Hall–Kier alpha value is -1.64. The highest BCUT2D eigenvalue weighted by Crippen LogP contribution is 2.35. The minimum atomic E-state index is -0.450. The van der Waals surface area contributed by atoms with Gasteiger partial charge in [0.15, 0.2) is 6.61 Å². The molecule has 0 atom stereocenters. The molecule has 0 spiro atoms. The number of carbonyl (C=O) groups is 2. The number of carbonyl (C=O) groups excluding carboxylic acids is 2. The number of hydrogen-bond acceptors (Lipinski definition) is 6. The Bertz CT molecular complexity index is 748. The number of thioether (sulfide) groups is 1. The van der Waals surface area contributed by atoms with Gasteiger partial charge in [0.25, 0.3) is 5.91 Å². The molecular formula is C17H16BrNO4S2. The first-order chi connectivity index (χ1) is 12.0. The van der Waals surface area contributed by atoms with Gasteiger partial charge in [-0.05, 0) is 31.2 Å². The van der Waals surface area contributed by atoms with Gasteiger partial charge in [-0.15, -0.1) is 6.58 Å². The van der Waals surface area contributed by atoms with Crippen molar-refractivity contribution in [1.29, 1.82) is 0 Å². The Morgan fingerprint density at radius 3 is 2.92 bits per heavy atom. The summed E-state index contributed by atoms with van der Waals surface area (Å²) in [4.78, 5) is 25.9. The van der Waals surface area contributed by atoms with E-state index in [4.69, 9.17) is 21.7 Å². The van der Waals surface area contributed by atoms with Crippen LogP contribution in [0.4, 0.5) is 0 Å². The number of thiocarbonyl (C=S) groups is 1. The number of hydrogen-bond donors (Lipinski definition) is 0. The fourth-order valence-electron chi connectivity index (χ4n) is 2.03. The van der Waals surface area contributed by atoms with Crippen molar-refractivity contribution in [3.8, 4) is 5.75 Å². The van der Waals surface area contributed by atoms with Crippen molar-refractivity contribution < 1.29 is 19.1 Å². The molecule has 25 heavy (non-hydrogen) atoms. The topological polar surface area (TPSA) is 55.8 Å². The molecule has 5 nitrogen and oxygen atoms in total. The van der Waals surface area contributed by atoms with E-state index >= 15 is 0 Å². The van der Waals surface area contributed by atoms with E-state index in [2.05, 4.69) is 22.5 Å². The van der Waals surface area contributed by atoms with E-state index in [1.54, 1.807) is 37.3 Å². The molecule has 1 amide bonds. The van der Waals surface area contributed by atoms with Crippen LogP contribution in [0.5, 0.6) is 5.75 Å². The molecule has 1 aromatic carbocycles. The van der Waals surface area contributed by atoms with Crippen LogP contribution >= 0.6 is 39.9 Å². The number of halogens is 1. The van der Waals surface area contributed by atoms with Crippen molar-refractivity contribution in [2.75, 3.05) is 19.8 Å². The second kappa shape index (κ2) is 9.17. The van der Waals surface area contributed by atoms with Crippen molar-refractivity contribution in [2.45, 2.75) is 6.92 Å². The van der Waals surface area contributed by atoms with E-state index in [1.807, 2.05) is 0 Å². The molecule has 1 aliphatic rings. The van der Waals surface area contributed by atoms with Crippen LogP contribution in [0.1, 0.15) is 12.5 Å². The van der Waals surface area contributed by atoms with Gasteiger partial charge < -0.3 is 9.47 Å². The van der Waals surface area contributed by atoms with Crippen LogP contribution < -0.4 is 4.74 Å². The van der Waals surface area contributed by atoms with Crippen LogP contribution in [0.15, 0.2) is 40.2 Å². The van der Waals surface area contributed by atoms with Crippen LogP contribution in [-0.2, 0) is 14.3 Å². The SMILES string of the molecule is C=CCN1C(=O)/C(=C/c2cc(Br)ccc2OCC(=O)OCC)SC1=S. The van der Waals surface area contributed by atoms with Gasteiger partial charge >= 0.3 is 5.97 Å². The highest BCUT2D eigenvalue weighted by Gasteiger charge is 2.31. The summed E-state index contributed by atoms with van der Waals surface area (Å²) < 4.78 is 11.7. The number of benzene rings is 1. The molecule has 2 rings (SSSR count). The quantitative estimate of drug-likeness (QED) is 0.277. The van der Waals surface area contributed by atoms with E-state index in [-0.39, 0.29) is 12.5 Å². The summed E-state index contributed by atoms with van der Waals surface area (Å²) >= 11 is 9.85. The van der Waals surface area contributed by atoms with Crippen LogP contribution in [0.25, 0.3) is 6.08 Å². The zero-order chi connectivity index (χ0) is 18.4. The first-order valence-electron chi connectivity index (χ1n) is 7.40. The van der Waals surface area contributed by atoms with Crippen LogP contribution in [0, 0.1) is 0 Å². The van der Waals surface area contributed by atoms with E-state index in [0.29, 0.717) is 33.7 Å². The van der Waals surface area contributed by atoms with Crippen molar-refractivity contribution in [3.05, 3.63) is 45.8 Å². The predicted octanol–water partition coefficient (Wildman–Crippen LogP) is 3.78. The highest BCUT2D eigenvalue weighted by molar-refractivity contribution is 9.10. The van der Waals surface area contributed by atoms with Gasteiger partial charge in [0, 0.05) is 16.6 Å². The monoisotopic (exact) mass is 441 g/mol. The Kier molecular flexibility index (Phi) is 7.22. The number of nitrogens with zero attached hydrogens (tertiary/aromatic N) is 1. The number of rotatable bonds is 7. The third-order valence-electron chi connectivity index (χ3n) is 3.09. The zero-order valence-electron chi connectivity index (χ0n) is 13.5. The molecule has 0 unspecified atom stereocenters. The summed E-state index contributed by atoms with van der Waals surface area (Å²) in [5, 5.41) is 0. The van der Waals surface area contributed by atoms with Gasteiger partial charge in [-0.3, -0.25) is 9.69 Å². The normalized spacial score (nSPS) is 15.6. The van der Waals surface area contributed by atoms with Gasteiger partial charge in [0.05, 0.1) is 11.5 Å². The van der Waals surface area contributed by atoms with Crippen LogP contribution in [0.3, 0.4) is 0 Å². The van der Waals surface area contributed by atoms with Gasteiger partial charge in [0.2, 0.25) is 0 Å². The Labute approximate surface area is 164 Å². The minimum absolute atomic E-state index is 0.175. The number of amides is 1. The Morgan fingerprint density at radius 1 is 1.48 bits per heavy atom. The predicted molar refractivity (Wildman–Crippen MR) is 106 cm³/mol. The molecule has 132 valence electrons. The lowest BCUT2D eigenvalue weighted by molar-refractivity contribution is -0.145. The highest BCUT2D eigenvalue weighted by atomic mass is 79.9. The van der Waals surface area contributed by atoms with E-state index in [9.17, 15) is 9.59 Å². The fourth-order valence-corrected chi connectivity index (χ4v) is 3.68. The molecule has 0 aromatic heterocycles. The molecule has 0 radical (unpaired) electrons. The lowest BCUT2D eigenvalue weighted by Crippen LogP contribution is -2.27. The van der Waals surface area contributed by atoms with Crippen LogP contribution in [0.2, 0.25) is 0 Å². The van der Waals surface area contributed by atoms with Crippen molar-refractivity contribution >= 4 is 62.2 Å². The van der Waals surface area contributed by atoms with E-state index in [0.717, 1.165) is 4.47 Å². The lowest BCUT2D eigenvalue weighted by atomic mass is 10.2. The first-order valence-corrected chi connectivity index (χ1v) is 9.42. The van der Waals surface area contributed by atoms with Crippen LogP contribution in [-0.4, -0.2) is 40.9 Å². The molecule has 0 saturated carbocycles. The molecule has 1 saturated heterocycles.